The number of H-pyrrole nitrogens is 1. The summed E-state index contributed by atoms with van der Waals surface area (Å²) in [5, 5.41) is 1.05. The molecule has 1 aromatic heterocycles. The lowest BCUT2D eigenvalue weighted by Gasteiger charge is -2.34. The second kappa shape index (κ2) is 8.78. The third kappa shape index (κ3) is 4.95. The summed E-state index contributed by atoms with van der Waals surface area (Å²) < 4.78 is 6.27. The Morgan fingerprint density at radius 1 is 1.21 bits per heavy atom. The quantitative estimate of drug-likeness (QED) is 0.703. The molecule has 158 valence electrons. The number of likely N-dealkylation sites (tertiary alicyclic amines) is 1. The molecule has 2 aromatic rings. The Bertz CT molecular complexity index is 832. The minimum absolute atomic E-state index is 0.124. The molecule has 1 aliphatic carbocycles. The minimum atomic E-state index is 0.124. The first-order chi connectivity index (χ1) is 14.0. The highest BCUT2D eigenvalue weighted by Gasteiger charge is 2.27. The molecule has 0 bridgehead atoms. The van der Waals surface area contributed by atoms with Gasteiger partial charge in [-0.15, -0.1) is 0 Å². The number of rotatable bonds is 8. The molecule has 2 fully saturated rings. The smallest absolute Gasteiger partial charge is 0.270 e. The van der Waals surface area contributed by atoms with E-state index in [1.165, 1.54) is 12.8 Å². The number of fused-ring (bicyclic) bond motifs is 1. The summed E-state index contributed by atoms with van der Waals surface area (Å²) in [4.78, 5) is 20.9. The van der Waals surface area contributed by atoms with E-state index >= 15 is 0 Å². The highest BCUT2D eigenvalue weighted by molar-refractivity contribution is 5.98. The number of nitrogens with zero attached hydrogens (tertiary/aromatic N) is 2. The van der Waals surface area contributed by atoms with E-state index in [9.17, 15) is 4.79 Å². The van der Waals surface area contributed by atoms with Crippen molar-refractivity contribution in [3.8, 4) is 5.75 Å². The largest absolute Gasteiger partial charge is 0.490 e. The van der Waals surface area contributed by atoms with Crippen LogP contribution in [0, 0.1) is 5.92 Å². The molecule has 29 heavy (non-hydrogen) atoms. The lowest BCUT2D eigenvalue weighted by atomic mass is 10.1. The van der Waals surface area contributed by atoms with E-state index in [4.69, 9.17) is 4.74 Å². The van der Waals surface area contributed by atoms with Crippen molar-refractivity contribution in [2.24, 2.45) is 5.92 Å². The summed E-state index contributed by atoms with van der Waals surface area (Å²) in [5.41, 5.74) is 1.69. The monoisotopic (exact) mass is 397 g/mol. The van der Waals surface area contributed by atoms with Crippen LogP contribution >= 0.6 is 0 Å². The van der Waals surface area contributed by atoms with Crippen LogP contribution in [-0.2, 0) is 0 Å². The molecule has 1 aromatic carbocycles. The molecular formula is C24H35N3O2. The van der Waals surface area contributed by atoms with Gasteiger partial charge < -0.3 is 19.5 Å². The van der Waals surface area contributed by atoms with E-state index in [0.29, 0.717) is 17.7 Å². The zero-order valence-corrected chi connectivity index (χ0v) is 18.1. The zero-order valence-electron chi connectivity index (χ0n) is 18.1. The molecule has 4 rings (SSSR count). The van der Waals surface area contributed by atoms with E-state index in [-0.39, 0.29) is 12.0 Å². The Kier molecular flexibility index (Phi) is 6.14. The van der Waals surface area contributed by atoms with Gasteiger partial charge in [0, 0.05) is 43.1 Å². The van der Waals surface area contributed by atoms with Gasteiger partial charge in [0.25, 0.3) is 5.91 Å². The van der Waals surface area contributed by atoms with E-state index in [1.54, 1.807) is 0 Å². The number of amides is 1. The Balaban J connectivity index is 1.42. The summed E-state index contributed by atoms with van der Waals surface area (Å²) in [6, 6.07) is 8.73. The number of hydrogen-bond acceptors (Lipinski definition) is 3. The summed E-state index contributed by atoms with van der Waals surface area (Å²) in [7, 11) is 0. The van der Waals surface area contributed by atoms with Gasteiger partial charge in [-0.05, 0) is 76.1 Å². The van der Waals surface area contributed by atoms with Crippen molar-refractivity contribution < 1.29 is 9.53 Å². The molecule has 0 spiro atoms. The zero-order chi connectivity index (χ0) is 20.4. The molecule has 1 aliphatic heterocycles. The van der Waals surface area contributed by atoms with E-state index in [2.05, 4.69) is 36.7 Å². The predicted octanol–water partition coefficient (Wildman–Crippen LogP) is 4.68. The molecule has 2 heterocycles. The number of benzene rings is 1. The fourth-order valence-corrected chi connectivity index (χ4v) is 4.33. The van der Waals surface area contributed by atoms with E-state index in [0.717, 1.165) is 62.1 Å². The highest BCUT2D eigenvalue weighted by Crippen LogP contribution is 2.31. The minimum Gasteiger partial charge on any atom is -0.490 e. The number of piperidine rings is 1. The number of carbonyl (C=O) groups is 1. The molecule has 0 atom stereocenters. The Morgan fingerprint density at radius 2 is 1.97 bits per heavy atom. The van der Waals surface area contributed by atoms with Gasteiger partial charge in [0.05, 0.1) is 0 Å². The summed E-state index contributed by atoms with van der Waals surface area (Å²) in [6.07, 6.45) is 5.93. The van der Waals surface area contributed by atoms with Crippen molar-refractivity contribution >= 4 is 16.8 Å². The van der Waals surface area contributed by atoms with Gasteiger partial charge in [-0.2, -0.15) is 0 Å². The average molecular weight is 398 g/mol. The van der Waals surface area contributed by atoms with Crippen LogP contribution in [0.25, 0.3) is 10.9 Å². The molecule has 1 N–H and O–H groups in total. The number of ether oxygens (including phenoxy) is 1. The normalized spacial score (nSPS) is 18.5. The molecular weight excluding hydrogens is 362 g/mol. The van der Waals surface area contributed by atoms with Crippen LogP contribution in [0.15, 0.2) is 24.3 Å². The maximum atomic E-state index is 13.0. The summed E-state index contributed by atoms with van der Waals surface area (Å²) >= 11 is 0. The highest BCUT2D eigenvalue weighted by atomic mass is 16.5. The van der Waals surface area contributed by atoms with E-state index in [1.807, 2.05) is 23.1 Å². The number of nitrogens with one attached hydrogen (secondary N) is 1. The van der Waals surface area contributed by atoms with Crippen molar-refractivity contribution in [3.05, 3.63) is 30.0 Å². The van der Waals surface area contributed by atoms with Gasteiger partial charge in [0.15, 0.2) is 0 Å². The maximum Gasteiger partial charge on any atom is 0.270 e. The van der Waals surface area contributed by atoms with Crippen LogP contribution in [-0.4, -0.2) is 59.0 Å². The topological polar surface area (TPSA) is 48.6 Å². The van der Waals surface area contributed by atoms with Crippen LogP contribution in [0.3, 0.4) is 0 Å². The standard InChI is InChI=1S/C24H35N3O2/c1-4-11-27(16-18-5-6-18)24(28)23-15-19-14-21(7-8-22(19)25-23)29-20-9-12-26(13-10-20)17(2)3/h7-8,14-15,17-18,20,25H,4-6,9-13,16H2,1-3H3. The molecule has 5 nitrogen and oxygen atoms in total. The third-order valence-corrected chi connectivity index (χ3v) is 6.29. The molecule has 0 unspecified atom stereocenters. The number of carbonyl (C=O) groups excluding carboxylic acids is 1. The van der Waals surface area contributed by atoms with Crippen molar-refractivity contribution in [2.75, 3.05) is 26.2 Å². The maximum absolute atomic E-state index is 13.0. The van der Waals surface area contributed by atoms with Crippen molar-refractivity contribution in [1.29, 1.82) is 0 Å². The average Bonchev–Trinajstić information content (AvgIpc) is 3.43. The van der Waals surface area contributed by atoms with Gasteiger partial charge in [-0.25, -0.2) is 0 Å². The summed E-state index contributed by atoms with van der Waals surface area (Å²) in [6.45, 7) is 10.6. The lowest BCUT2D eigenvalue weighted by molar-refractivity contribution is 0.0742. The van der Waals surface area contributed by atoms with Crippen molar-refractivity contribution in [2.45, 2.75) is 65.0 Å². The van der Waals surface area contributed by atoms with Gasteiger partial charge in [-0.3, -0.25) is 4.79 Å². The Morgan fingerprint density at radius 3 is 2.62 bits per heavy atom. The van der Waals surface area contributed by atoms with Gasteiger partial charge in [-0.1, -0.05) is 6.92 Å². The fraction of sp³-hybridized carbons (Fsp3) is 0.625. The van der Waals surface area contributed by atoms with Crippen LogP contribution in [0.5, 0.6) is 5.75 Å². The molecule has 2 aliphatic rings. The molecule has 1 saturated carbocycles. The van der Waals surface area contributed by atoms with Gasteiger partial charge in [0.1, 0.15) is 17.5 Å². The molecule has 0 radical (unpaired) electrons. The lowest BCUT2D eigenvalue weighted by Crippen LogP contribution is -2.41. The molecule has 1 amide bonds. The van der Waals surface area contributed by atoms with Crippen LogP contribution in [0.4, 0.5) is 0 Å². The van der Waals surface area contributed by atoms with Crippen molar-refractivity contribution in [1.82, 2.24) is 14.8 Å². The van der Waals surface area contributed by atoms with Crippen LogP contribution in [0.1, 0.15) is 63.4 Å². The fourth-order valence-electron chi connectivity index (χ4n) is 4.33. The summed E-state index contributed by atoms with van der Waals surface area (Å²) in [5.74, 6) is 1.73. The van der Waals surface area contributed by atoms with Crippen LogP contribution in [0.2, 0.25) is 0 Å². The second-order valence-electron chi connectivity index (χ2n) is 9.07. The third-order valence-electron chi connectivity index (χ3n) is 6.29. The number of hydrogen-bond donors (Lipinski definition) is 1. The van der Waals surface area contributed by atoms with Crippen molar-refractivity contribution in [3.63, 3.8) is 0 Å². The first-order valence-electron chi connectivity index (χ1n) is 11.4. The van der Waals surface area contributed by atoms with Crippen LogP contribution < -0.4 is 4.74 Å². The second-order valence-corrected chi connectivity index (χ2v) is 9.07. The van der Waals surface area contributed by atoms with Gasteiger partial charge in [0.2, 0.25) is 0 Å². The SMILES string of the molecule is CCCN(CC1CC1)C(=O)c1cc2cc(OC3CCN(C(C)C)CC3)ccc2[nH]1. The Hall–Kier alpha value is -2.01. The number of aromatic nitrogens is 1. The number of aromatic amines is 1. The van der Waals surface area contributed by atoms with Gasteiger partial charge >= 0.3 is 0 Å². The Labute approximate surface area is 174 Å². The van der Waals surface area contributed by atoms with E-state index < -0.39 is 0 Å². The first kappa shape index (κ1) is 20.3. The molecule has 1 saturated heterocycles. The first-order valence-corrected chi connectivity index (χ1v) is 11.4. The molecule has 5 heteroatoms. The predicted molar refractivity (Wildman–Crippen MR) is 118 cm³/mol.